The van der Waals surface area contributed by atoms with E-state index in [2.05, 4.69) is 25.1 Å². The van der Waals surface area contributed by atoms with Gasteiger partial charge in [-0.2, -0.15) is 9.46 Å². The van der Waals surface area contributed by atoms with Gasteiger partial charge in [-0.25, -0.2) is 4.21 Å². The number of nitrogens with zero attached hydrogens (tertiary/aromatic N) is 4. The van der Waals surface area contributed by atoms with Gasteiger partial charge in [-0.15, -0.1) is 0 Å². The van der Waals surface area contributed by atoms with Crippen LogP contribution >= 0.6 is 0 Å². The summed E-state index contributed by atoms with van der Waals surface area (Å²) in [5.41, 5.74) is 2.99. The Labute approximate surface area is 231 Å². The fraction of sp³-hybridized carbons (Fsp3) is 0.179. The fourth-order valence-corrected chi connectivity index (χ4v) is 5.67. The average Bonchev–Trinajstić information content (AvgIpc) is 3.30. The molecule has 4 rings (SSSR count). The molecule has 0 unspecified atom stereocenters. The molecule has 0 spiro atoms. The van der Waals surface area contributed by atoms with Gasteiger partial charge in [-0.1, -0.05) is 30.3 Å². The van der Waals surface area contributed by atoms with Crippen LogP contribution in [0.25, 0.3) is 11.1 Å². The van der Waals surface area contributed by atoms with Crippen molar-refractivity contribution in [3.8, 4) is 11.1 Å². The van der Waals surface area contributed by atoms with E-state index >= 15 is 0 Å². The second-order valence-corrected chi connectivity index (χ2v) is 11.1. The second kappa shape index (κ2) is 12.5. The number of hydrogen-bond acceptors (Lipinski definition) is 7. The van der Waals surface area contributed by atoms with Crippen molar-refractivity contribution >= 4 is 33.1 Å². The van der Waals surface area contributed by atoms with Gasteiger partial charge in [0.1, 0.15) is 11.4 Å². The van der Waals surface area contributed by atoms with E-state index in [-0.39, 0.29) is 29.5 Å². The number of benzene rings is 2. The molecule has 3 N–H and O–H groups in total. The van der Waals surface area contributed by atoms with Crippen molar-refractivity contribution in [3.63, 3.8) is 0 Å². The molecule has 0 aliphatic heterocycles. The SMILES string of the molecule is Cc1cc(C(=O)Nc2cccc(-c3cncc(C(=O)N=[S@](=O)(CC(=O)NCCO)c4ccccc4)c3)c2)n(C)n1. The van der Waals surface area contributed by atoms with Crippen LogP contribution in [0.2, 0.25) is 0 Å². The smallest absolute Gasteiger partial charge is 0.286 e. The van der Waals surface area contributed by atoms with Gasteiger partial charge >= 0.3 is 0 Å². The highest BCUT2D eigenvalue weighted by molar-refractivity contribution is 7.94. The summed E-state index contributed by atoms with van der Waals surface area (Å²) in [5, 5.41) is 18.5. The minimum absolute atomic E-state index is 0.00963. The lowest BCUT2D eigenvalue weighted by Crippen LogP contribution is -2.32. The van der Waals surface area contributed by atoms with E-state index in [0.29, 0.717) is 22.5 Å². The number of carbonyl (C=O) groups is 3. The molecule has 2 aromatic carbocycles. The van der Waals surface area contributed by atoms with E-state index in [1.807, 2.05) is 0 Å². The molecule has 4 aromatic rings. The van der Waals surface area contributed by atoms with Crippen LogP contribution in [0, 0.1) is 6.92 Å². The molecule has 3 amide bonds. The molecule has 0 saturated carbocycles. The topological polar surface area (TPSA) is 156 Å². The molecule has 0 aliphatic carbocycles. The molecule has 40 heavy (non-hydrogen) atoms. The molecule has 206 valence electrons. The Kier molecular flexibility index (Phi) is 8.82. The molecule has 0 aliphatic rings. The van der Waals surface area contributed by atoms with Crippen LogP contribution in [-0.4, -0.2) is 60.7 Å². The standard InChI is InChI=1S/C28H28N6O5S/c1-19-13-25(34(2)32-19)28(38)31-23-8-6-7-20(15-23)21-14-22(17-29-16-21)27(37)33-40(39,18-26(36)30-11-12-35)24-9-4-3-5-10-24/h3-10,13-17,35H,11-12,18H2,1-2H3,(H,30,36)(H,31,38)/t40-/m0/s1. The van der Waals surface area contributed by atoms with Crippen molar-refractivity contribution in [3.05, 3.63) is 96.1 Å². The summed E-state index contributed by atoms with van der Waals surface area (Å²) in [7, 11) is -1.78. The first kappa shape index (κ1) is 28.3. The van der Waals surface area contributed by atoms with Crippen LogP contribution in [0.1, 0.15) is 26.5 Å². The zero-order valence-corrected chi connectivity index (χ0v) is 22.7. The first-order valence-corrected chi connectivity index (χ1v) is 14.0. The van der Waals surface area contributed by atoms with Gasteiger partial charge in [0.2, 0.25) is 5.91 Å². The number of hydrogen-bond donors (Lipinski definition) is 3. The predicted molar refractivity (Wildman–Crippen MR) is 150 cm³/mol. The lowest BCUT2D eigenvalue weighted by atomic mass is 10.1. The zero-order valence-electron chi connectivity index (χ0n) is 21.9. The van der Waals surface area contributed by atoms with E-state index in [4.69, 9.17) is 5.11 Å². The summed E-state index contributed by atoms with van der Waals surface area (Å²) in [4.78, 5) is 42.6. The van der Waals surface area contributed by atoms with E-state index in [9.17, 15) is 18.6 Å². The lowest BCUT2D eigenvalue weighted by Gasteiger charge is -2.11. The van der Waals surface area contributed by atoms with Gasteiger partial charge in [0, 0.05) is 42.1 Å². The summed E-state index contributed by atoms with van der Waals surface area (Å²) < 4.78 is 19.3. The van der Waals surface area contributed by atoms with E-state index in [1.54, 1.807) is 86.9 Å². The average molecular weight is 561 g/mol. The number of aromatic nitrogens is 3. The van der Waals surface area contributed by atoms with Crippen molar-refractivity contribution < 1.29 is 23.7 Å². The maximum atomic E-state index is 13.8. The number of anilines is 1. The molecular formula is C28H28N6O5S. The van der Waals surface area contributed by atoms with Gasteiger partial charge in [-0.3, -0.25) is 24.0 Å². The maximum Gasteiger partial charge on any atom is 0.286 e. The molecule has 0 saturated heterocycles. The van der Waals surface area contributed by atoms with Crippen molar-refractivity contribution in [1.29, 1.82) is 0 Å². The Morgan fingerprint density at radius 1 is 1.00 bits per heavy atom. The van der Waals surface area contributed by atoms with Gasteiger partial charge in [-0.05, 0) is 48.9 Å². The highest BCUT2D eigenvalue weighted by Gasteiger charge is 2.21. The molecule has 11 nitrogen and oxygen atoms in total. The minimum atomic E-state index is -3.47. The van der Waals surface area contributed by atoms with Crippen molar-refractivity contribution in [2.75, 3.05) is 24.2 Å². The first-order chi connectivity index (χ1) is 19.2. The monoisotopic (exact) mass is 560 g/mol. The number of amides is 3. The van der Waals surface area contributed by atoms with Gasteiger partial charge in [0.25, 0.3) is 11.8 Å². The Bertz CT molecular complexity index is 1680. The van der Waals surface area contributed by atoms with E-state index in [0.717, 1.165) is 5.69 Å². The number of aliphatic hydroxyl groups excluding tert-OH is 1. The Balaban J connectivity index is 1.61. The largest absolute Gasteiger partial charge is 0.395 e. The van der Waals surface area contributed by atoms with Crippen LogP contribution in [0.5, 0.6) is 0 Å². The second-order valence-electron chi connectivity index (χ2n) is 8.86. The summed E-state index contributed by atoms with van der Waals surface area (Å²) in [6.07, 6.45) is 2.86. The van der Waals surface area contributed by atoms with Crippen molar-refractivity contribution in [2.45, 2.75) is 11.8 Å². The predicted octanol–water partition coefficient (Wildman–Crippen LogP) is 2.82. The van der Waals surface area contributed by atoms with Crippen LogP contribution < -0.4 is 10.6 Å². The third kappa shape index (κ3) is 6.84. The van der Waals surface area contributed by atoms with E-state index in [1.165, 1.54) is 10.9 Å². The van der Waals surface area contributed by atoms with Crippen molar-refractivity contribution in [1.82, 2.24) is 20.1 Å². The minimum Gasteiger partial charge on any atom is -0.395 e. The zero-order chi connectivity index (χ0) is 28.7. The van der Waals surface area contributed by atoms with Crippen LogP contribution in [-0.2, 0) is 21.6 Å². The van der Waals surface area contributed by atoms with Crippen LogP contribution in [0.15, 0.2) is 88.4 Å². The Hall–Kier alpha value is -4.68. The molecule has 2 aromatic heterocycles. The number of nitrogens with one attached hydrogen (secondary N) is 2. The van der Waals surface area contributed by atoms with Gasteiger partial charge in [0.05, 0.1) is 27.6 Å². The normalized spacial score (nSPS) is 12.3. The molecule has 1 atom stereocenters. The van der Waals surface area contributed by atoms with E-state index < -0.39 is 27.3 Å². The molecule has 0 fully saturated rings. The summed E-state index contributed by atoms with van der Waals surface area (Å²) in [5.74, 6) is -2.27. The highest BCUT2D eigenvalue weighted by Crippen LogP contribution is 2.24. The number of rotatable bonds is 9. The van der Waals surface area contributed by atoms with Gasteiger partial charge < -0.3 is 15.7 Å². The Morgan fingerprint density at radius 3 is 2.48 bits per heavy atom. The number of pyridine rings is 1. The van der Waals surface area contributed by atoms with Crippen LogP contribution in [0.4, 0.5) is 5.69 Å². The maximum absolute atomic E-state index is 13.8. The Morgan fingerprint density at radius 2 is 1.77 bits per heavy atom. The molecule has 2 heterocycles. The van der Waals surface area contributed by atoms with Gasteiger partial charge in [0.15, 0.2) is 0 Å². The first-order valence-electron chi connectivity index (χ1n) is 12.3. The quantitative estimate of drug-likeness (QED) is 0.284. The number of aryl methyl sites for hydroxylation is 2. The fourth-order valence-electron chi connectivity index (χ4n) is 3.92. The molecule has 12 heteroatoms. The van der Waals surface area contributed by atoms with Crippen LogP contribution in [0.3, 0.4) is 0 Å². The molecule has 0 bridgehead atoms. The molecular weight excluding hydrogens is 532 g/mol. The third-order valence-electron chi connectivity index (χ3n) is 5.78. The highest BCUT2D eigenvalue weighted by atomic mass is 32.2. The lowest BCUT2D eigenvalue weighted by molar-refractivity contribution is -0.118. The summed E-state index contributed by atoms with van der Waals surface area (Å²) >= 11 is 0. The summed E-state index contributed by atoms with van der Waals surface area (Å²) in [6, 6.07) is 18.4. The number of carbonyl (C=O) groups excluding carboxylic acids is 3. The summed E-state index contributed by atoms with van der Waals surface area (Å²) in [6.45, 7) is 1.51. The molecule has 0 radical (unpaired) electrons. The third-order valence-corrected chi connectivity index (χ3v) is 7.90. The van der Waals surface area contributed by atoms with Crippen molar-refractivity contribution in [2.24, 2.45) is 11.4 Å². The number of aliphatic hydroxyl groups is 1.